The molecule has 0 unspecified atom stereocenters. The third-order valence-electron chi connectivity index (χ3n) is 5.39. The maximum Gasteiger partial charge on any atom is 0.418 e. The molecule has 39 heavy (non-hydrogen) atoms. The van der Waals surface area contributed by atoms with Crippen molar-refractivity contribution in [1.29, 1.82) is 5.41 Å². The van der Waals surface area contributed by atoms with Crippen molar-refractivity contribution in [3.05, 3.63) is 80.4 Å². The maximum absolute atomic E-state index is 13.1. The normalized spacial score (nSPS) is 16.1. The number of hydrogen-bond donors (Lipinski definition) is 3. The largest absolute Gasteiger partial charge is 0.418 e. The lowest BCUT2D eigenvalue weighted by Gasteiger charge is -2.20. The van der Waals surface area contributed by atoms with Crippen LogP contribution in [0.25, 0.3) is 0 Å². The minimum Gasteiger partial charge on any atom is -0.352 e. The highest BCUT2D eigenvalue weighted by Gasteiger charge is 2.34. The van der Waals surface area contributed by atoms with Crippen LogP contribution in [-0.4, -0.2) is 41.1 Å². The number of nitrogens with zero attached hydrogens (tertiary/aromatic N) is 2. The average molecular weight is 578 g/mol. The van der Waals surface area contributed by atoms with Crippen LogP contribution in [0.15, 0.2) is 74.8 Å². The molecule has 204 valence electrons. The Hall–Kier alpha value is -3.77. The highest BCUT2D eigenvalue weighted by atomic mass is 35.5. The molecule has 8 nitrogen and oxygen atoms in total. The summed E-state index contributed by atoms with van der Waals surface area (Å²) < 4.78 is 39.4. The fraction of sp³-hybridized carbons (Fsp3) is 0.231. The number of allylic oxidation sites excluding steroid dienone is 7. The van der Waals surface area contributed by atoms with Crippen molar-refractivity contribution >= 4 is 58.7 Å². The summed E-state index contributed by atoms with van der Waals surface area (Å²) in [5.41, 5.74) is -1.34. The van der Waals surface area contributed by atoms with Gasteiger partial charge in [0.25, 0.3) is 11.8 Å². The molecule has 1 aromatic heterocycles. The number of rotatable bonds is 8. The second kappa shape index (κ2) is 12.9. The summed E-state index contributed by atoms with van der Waals surface area (Å²) in [6.07, 6.45) is 7.06. The van der Waals surface area contributed by atoms with Crippen molar-refractivity contribution in [1.82, 2.24) is 10.3 Å². The number of ketones is 1. The molecule has 2 aliphatic rings. The second-order valence-electron chi connectivity index (χ2n) is 8.15. The van der Waals surface area contributed by atoms with Crippen LogP contribution in [0.3, 0.4) is 0 Å². The first-order valence-electron chi connectivity index (χ1n) is 11.6. The zero-order valence-electron chi connectivity index (χ0n) is 20.7. The molecule has 3 heterocycles. The van der Waals surface area contributed by atoms with E-state index in [0.29, 0.717) is 23.9 Å². The van der Waals surface area contributed by atoms with E-state index in [0.717, 1.165) is 18.0 Å². The molecular weight excluding hydrogens is 555 g/mol. The Balaban J connectivity index is 1.72. The van der Waals surface area contributed by atoms with Gasteiger partial charge in [0.05, 0.1) is 21.2 Å². The topological polar surface area (TPSA) is 124 Å². The van der Waals surface area contributed by atoms with E-state index in [9.17, 15) is 27.6 Å². The van der Waals surface area contributed by atoms with Crippen LogP contribution in [0.4, 0.5) is 19.0 Å². The van der Waals surface area contributed by atoms with E-state index in [1.807, 2.05) is 0 Å². The van der Waals surface area contributed by atoms with Gasteiger partial charge in [-0.1, -0.05) is 48.5 Å². The highest BCUT2D eigenvalue weighted by molar-refractivity contribution is 8.07. The number of halogens is 4. The molecule has 3 rings (SSSR count). The van der Waals surface area contributed by atoms with Gasteiger partial charge in [-0.05, 0) is 42.5 Å². The van der Waals surface area contributed by atoms with Crippen LogP contribution >= 0.6 is 23.4 Å². The summed E-state index contributed by atoms with van der Waals surface area (Å²) >= 11 is 6.57. The van der Waals surface area contributed by atoms with Crippen LogP contribution in [-0.2, 0) is 20.6 Å². The molecule has 3 N–H and O–H groups in total. The van der Waals surface area contributed by atoms with Crippen molar-refractivity contribution in [2.45, 2.75) is 26.4 Å². The van der Waals surface area contributed by atoms with E-state index in [1.165, 1.54) is 18.4 Å². The molecule has 0 radical (unpaired) electrons. The van der Waals surface area contributed by atoms with Crippen LogP contribution in [0, 0.1) is 11.3 Å². The number of alkyl halides is 3. The lowest BCUT2D eigenvalue weighted by Crippen LogP contribution is -2.26. The Morgan fingerprint density at radius 3 is 2.64 bits per heavy atom. The van der Waals surface area contributed by atoms with Gasteiger partial charge in [0.1, 0.15) is 11.5 Å². The lowest BCUT2D eigenvalue weighted by atomic mass is 9.97. The zero-order chi connectivity index (χ0) is 28.7. The molecule has 0 aromatic carbocycles. The van der Waals surface area contributed by atoms with Gasteiger partial charge in [0.2, 0.25) is 5.78 Å². The van der Waals surface area contributed by atoms with Crippen LogP contribution in [0.2, 0.25) is 5.02 Å². The molecular formula is C26H23ClF3N5O3S. The average Bonchev–Trinajstić information content (AvgIpc) is 2.88. The molecule has 2 amide bonds. The number of amides is 2. The minimum atomic E-state index is -4.72. The predicted molar refractivity (Wildman–Crippen MR) is 146 cm³/mol. The minimum absolute atomic E-state index is 0.0992. The number of Topliss-reactive ketones (excluding diaryl/α,β-unsaturated/α-hetero) is 1. The standard InChI is InChI=1S/C26H23ClF3N5O3S/c1-3-32-24(37)15-7-4-5-10-33-18(11-15)23(36)22(31)14(2)19-8-6-9-20(39-19)25(38)35-21-12-16(26(28,29)30)17(27)13-34-21/h4-5,7-14,31H,3,6H2,1-2H3,(H,32,37)(H,34,35,38)/t14-/m1/s1. The van der Waals surface area contributed by atoms with Gasteiger partial charge in [-0.25, -0.2) is 4.98 Å². The molecule has 1 aromatic rings. The predicted octanol–water partition coefficient (Wildman–Crippen LogP) is 5.41. The first-order valence-corrected chi connectivity index (χ1v) is 12.8. The van der Waals surface area contributed by atoms with Crippen LogP contribution in [0.1, 0.15) is 25.8 Å². The van der Waals surface area contributed by atoms with E-state index < -0.39 is 40.3 Å². The van der Waals surface area contributed by atoms with Crippen LogP contribution < -0.4 is 10.6 Å². The van der Waals surface area contributed by atoms with Crippen molar-refractivity contribution in [3.63, 3.8) is 0 Å². The maximum atomic E-state index is 13.1. The number of aromatic nitrogens is 1. The number of thioether (sulfide) groups is 1. The smallest absolute Gasteiger partial charge is 0.352 e. The van der Waals surface area contributed by atoms with E-state index in [-0.39, 0.29) is 27.7 Å². The monoisotopic (exact) mass is 577 g/mol. The van der Waals surface area contributed by atoms with Gasteiger partial charge in [-0.15, -0.1) is 0 Å². The third-order valence-corrected chi connectivity index (χ3v) is 7.02. The molecule has 2 aliphatic heterocycles. The Labute approximate surface area is 231 Å². The number of pyridine rings is 1. The van der Waals surface area contributed by atoms with Crippen molar-refractivity contribution in [2.24, 2.45) is 10.9 Å². The van der Waals surface area contributed by atoms with Crippen molar-refractivity contribution in [3.8, 4) is 0 Å². The number of carbonyl (C=O) groups excluding carboxylic acids is 3. The first-order chi connectivity index (χ1) is 18.4. The fourth-order valence-electron chi connectivity index (χ4n) is 3.37. The Kier molecular flexibility index (Phi) is 9.81. The van der Waals surface area contributed by atoms with Gasteiger partial charge in [0, 0.05) is 30.4 Å². The van der Waals surface area contributed by atoms with Gasteiger partial charge in [0.15, 0.2) is 0 Å². The Bertz CT molecular complexity index is 1390. The molecule has 0 spiro atoms. The molecule has 0 aliphatic carbocycles. The molecule has 0 saturated heterocycles. The SMILES string of the molecule is CCNC(=O)C1=CC=CC=NC(C(=O)C(=N)[C@H](C)C2=CCC=C(C(=O)Nc3cc(C(F)(F)F)c(Cl)cn3)S2)=C1. The quantitative estimate of drug-likeness (QED) is 0.356. The van der Waals surface area contributed by atoms with Crippen molar-refractivity contribution < 1.29 is 27.6 Å². The summed E-state index contributed by atoms with van der Waals surface area (Å²) in [7, 11) is 0. The first kappa shape index (κ1) is 29.8. The van der Waals surface area contributed by atoms with Crippen molar-refractivity contribution in [2.75, 3.05) is 11.9 Å². The summed E-state index contributed by atoms with van der Waals surface area (Å²) in [4.78, 5) is 46.7. The molecule has 0 fully saturated rings. The van der Waals surface area contributed by atoms with Gasteiger partial charge >= 0.3 is 6.18 Å². The fourth-order valence-corrected chi connectivity index (χ4v) is 4.63. The Morgan fingerprint density at radius 2 is 1.95 bits per heavy atom. The zero-order valence-corrected chi connectivity index (χ0v) is 22.3. The second-order valence-corrected chi connectivity index (χ2v) is 9.68. The van der Waals surface area contributed by atoms with Crippen LogP contribution in [0.5, 0.6) is 0 Å². The summed E-state index contributed by atoms with van der Waals surface area (Å²) in [5, 5.41) is 12.9. The summed E-state index contributed by atoms with van der Waals surface area (Å²) in [5.74, 6) is -2.86. The lowest BCUT2D eigenvalue weighted by molar-refractivity contribution is -0.137. The number of hydrogen-bond acceptors (Lipinski definition) is 7. The summed E-state index contributed by atoms with van der Waals surface area (Å²) in [6.45, 7) is 3.76. The Morgan fingerprint density at radius 1 is 1.21 bits per heavy atom. The number of nitrogens with one attached hydrogen (secondary N) is 3. The number of likely N-dealkylation sites (N-methyl/N-ethyl adjacent to an activating group) is 1. The highest BCUT2D eigenvalue weighted by Crippen LogP contribution is 2.38. The molecule has 0 saturated carbocycles. The van der Waals surface area contributed by atoms with Gasteiger partial charge < -0.3 is 16.0 Å². The number of aliphatic imine (C=N–C) groups is 1. The van der Waals surface area contributed by atoms with Gasteiger partial charge in [-0.2, -0.15) is 13.2 Å². The van der Waals surface area contributed by atoms with Gasteiger partial charge in [-0.3, -0.25) is 19.4 Å². The third kappa shape index (κ3) is 7.64. The summed E-state index contributed by atoms with van der Waals surface area (Å²) in [6, 6.07) is 0.643. The van der Waals surface area contributed by atoms with E-state index >= 15 is 0 Å². The number of carbonyl (C=O) groups is 3. The molecule has 0 bridgehead atoms. The number of anilines is 1. The van der Waals surface area contributed by atoms with E-state index in [4.69, 9.17) is 17.0 Å². The van der Waals surface area contributed by atoms with E-state index in [1.54, 1.807) is 38.2 Å². The molecule has 1 atom stereocenters. The molecule has 13 heteroatoms. The van der Waals surface area contributed by atoms with E-state index in [2.05, 4.69) is 20.6 Å².